The lowest BCUT2D eigenvalue weighted by molar-refractivity contribution is -0.141. The number of hydrogen-bond acceptors (Lipinski definition) is 4. The van der Waals surface area contributed by atoms with E-state index >= 15 is 0 Å². The van der Waals surface area contributed by atoms with E-state index < -0.39 is 21.9 Å². The first kappa shape index (κ1) is 20.5. The molecule has 1 aliphatic heterocycles. The Kier molecular flexibility index (Phi) is 5.50. The molecule has 2 aliphatic rings. The van der Waals surface area contributed by atoms with Crippen LogP contribution in [-0.2, 0) is 27.7 Å². The average molecular weight is 455 g/mol. The van der Waals surface area contributed by atoms with Crippen LogP contribution in [0.25, 0.3) is 0 Å². The fraction of sp³-hybridized carbons (Fsp3) is 0.350. The van der Waals surface area contributed by atoms with Gasteiger partial charge in [0, 0.05) is 31.9 Å². The van der Waals surface area contributed by atoms with Gasteiger partial charge in [-0.2, -0.15) is 4.31 Å². The van der Waals surface area contributed by atoms with Crippen molar-refractivity contribution in [1.82, 2.24) is 4.31 Å². The summed E-state index contributed by atoms with van der Waals surface area (Å²) in [5.74, 6) is -1.45. The van der Waals surface area contributed by atoms with Crippen LogP contribution in [0.1, 0.15) is 11.1 Å². The summed E-state index contributed by atoms with van der Waals surface area (Å²) < 4.78 is 28.1. The van der Waals surface area contributed by atoms with E-state index in [9.17, 15) is 18.3 Å². The first-order chi connectivity index (χ1) is 13.8. The van der Waals surface area contributed by atoms with E-state index in [-0.39, 0.29) is 11.3 Å². The lowest BCUT2D eigenvalue weighted by atomic mass is 10.1. The maximum absolute atomic E-state index is 13.3. The van der Waals surface area contributed by atoms with Gasteiger partial charge in [0.15, 0.2) is 0 Å². The molecule has 0 radical (unpaired) electrons. The molecule has 0 spiro atoms. The zero-order valence-corrected chi connectivity index (χ0v) is 17.8. The van der Waals surface area contributed by atoms with Crippen molar-refractivity contribution < 1.29 is 18.3 Å². The highest BCUT2D eigenvalue weighted by Gasteiger charge is 2.35. The highest BCUT2D eigenvalue weighted by Crippen LogP contribution is 2.34. The number of nitrogens with zero attached hydrogens (tertiary/aromatic N) is 2. The van der Waals surface area contributed by atoms with Crippen LogP contribution in [0.5, 0.6) is 0 Å². The molecule has 1 atom stereocenters. The van der Waals surface area contributed by atoms with Crippen LogP contribution >= 0.6 is 23.2 Å². The topological polar surface area (TPSA) is 77.9 Å². The summed E-state index contributed by atoms with van der Waals surface area (Å²) in [6.45, 7) is 1.75. The molecule has 4 rings (SSSR count). The Hall–Kier alpha value is -1.80. The van der Waals surface area contributed by atoms with Gasteiger partial charge in [0.05, 0.1) is 20.9 Å². The van der Waals surface area contributed by atoms with E-state index in [1.54, 1.807) is 24.3 Å². The number of hydrogen-bond donors (Lipinski definition) is 1. The number of sulfonamides is 1. The lowest BCUT2D eigenvalue weighted by Crippen LogP contribution is -2.48. The van der Waals surface area contributed by atoms with E-state index in [1.165, 1.54) is 4.31 Å². The summed E-state index contributed by atoms with van der Waals surface area (Å²) in [6, 6.07) is 10.5. The van der Waals surface area contributed by atoms with Gasteiger partial charge >= 0.3 is 5.97 Å². The Balaban J connectivity index is 1.53. The molecule has 1 heterocycles. The van der Waals surface area contributed by atoms with Crippen molar-refractivity contribution in [3.63, 3.8) is 0 Å². The minimum atomic E-state index is -3.69. The third-order valence-corrected chi connectivity index (χ3v) is 8.34. The van der Waals surface area contributed by atoms with Crippen molar-refractivity contribution in [3.8, 4) is 0 Å². The number of anilines is 1. The number of carboxylic acids is 1. The van der Waals surface area contributed by atoms with E-state index in [1.807, 2.05) is 12.1 Å². The van der Waals surface area contributed by atoms with Gasteiger partial charge in [-0.05, 0) is 48.2 Å². The molecular weight excluding hydrogens is 435 g/mol. The second-order valence-corrected chi connectivity index (χ2v) is 10.0. The van der Waals surface area contributed by atoms with Gasteiger partial charge in [-0.1, -0.05) is 35.3 Å². The molecule has 0 bridgehead atoms. The summed E-state index contributed by atoms with van der Waals surface area (Å²) in [4.78, 5) is 13.7. The van der Waals surface area contributed by atoms with Crippen LogP contribution in [0.3, 0.4) is 0 Å². The van der Waals surface area contributed by atoms with Gasteiger partial charge < -0.3 is 10.0 Å². The quantitative estimate of drug-likeness (QED) is 0.766. The van der Waals surface area contributed by atoms with Gasteiger partial charge in [0.25, 0.3) is 0 Å². The molecule has 29 heavy (non-hydrogen) atoms. The second kappa shape index (κ2) is 7.80. The van der Waals surface area contributed by atoms with Gasteiger partial charge in [0.1, 0.15) is 0 Å². The SMILES string of the molecule is O=C(O)C1Cc2cccc(S(=O)(=O)N3CCN(c4ccc(Cl)c(Cl)c4)CC3)c2C1. The first-order valence-electron chi connectivity index (χ1n) is 9.31. The smallest absolute Gasteiger partial charge is 0.307 e. The molecule has 1 fully saturated rings. The Bertz CT molecular complexity index is 1070. The molecule has 1 unspecified atom stereocenters. The summed E-state index contributed by atoms with van der Waals surface area (Å²) in [5.41, 5.74) is 2.36. The average Bonchev–Trinajstić information content (AvgIpc) is 3.15. The van der Waals surface area contributed by atoms with E-state index in [0.29, 0.717) is 48.2 Å². The van der Waals surface area contributed by atoms with Crippen molar-refractivity contribution >= 4 is 44.9 Å². The summed E-state index contributed by atoms with van der Waals surface area (Å²) in [6.07, 6.45) is 0.627. The summed E-state index contributed by atoms with van der Waals surface area (Å²) in [5, 5.41) is 10.3. The van der Waals surface area contributed by atoms with Crippen molar-refractivity contribution in [2.45, 2.75) is 17.7 Å². The highest BCUT2D eigenvalue weighted by atomic mass is 35.5. The summed E-state index contributed by atoms with van der Waals surface area (Å²) in [7, 11) is -3.69. The predicted molar refractivity (Wildman–Crippen MR) is 112 cm³/mol. The lowest BCUT2D eigenvalue weighted by Gasteiger charge is -2.35. The van der Waals surface area contributed by atoms with Crippen LogP contribution in [0.15, 0.2) is 41.3 Å². The Morgan fingerprint density at radius 3 is 2.38 bits per heavy atom. The van der Waals surface area contributed by atoms with Crippen molar-refractivity contribution in [2.75, 3.05) is 31.1 Å². The van der Waals surface area contributed by atoms with Crippen LogP contribution in [0.4, 0.5) is 5.69 Å². The molecule has 2 aromatic rings. The molecule has 0 saturated carbocycles. The number of piperazine rings is 1. The molecular formula is C20H20Cl2N2O4S. The number of rotatable bonds is 4. The third-order valence-electron chi connectivity index (χ3n) is 5.62. The minimum absolute atomic E-state index is 0.238. The number of benzene rings is 2. The second-order valence-electron chi connectivity index (χ2n) is 7.33. The largest absolute Gasteiger partial charge is 0.481 e. The molecule has 154 valence electrons. The van der Waals surface area contributed by atoms with Crippen LogP contribution in [0, 0.1) is 5.92 Å². The number of carboxylic acid groups (broad SMARTS) is 1. The Morgan fingerprint density at radius 1 is 1.00 bits per heavy atom. The number of halogens is 2. The van der Waals surface area contributed by atoms with Crippen LogP contribution in [-0.4, -0.2) is 50.0 Å². The Morgan fingerprint density at radius 2 is 1.72 bits per heavy atom. The number of fused-ring (bicyclic) bond motifs is 1. The van der Waals surface area contributed by atoms with Gasteiger partial charge in [-0.3, -0.25) is 4.79 Å². The fourth-order valence-electron chi connectivity index (χ4n) is 4.04. The number of aliphatic carboxylic acids is 1. The normalized spacial score (nSPS) is 19.9. The summed E-state index contributed by atoms with van der Waals surface area (Å²) >= 11 is 12.1. The van der Waals surface area contributed by atoms with Gasteiger partial charge in [-0.25, -0.2) is 8.42 Å². The molecule has 9 heteroatoms. The molecule has 0 amide bonds. The highest BCUT2D eigenvalue weighted by molar-refractivity contribution is 7.89. The van der Waals surface area contributed by atoms with E-state index in [0.717, 1.165) is 11.3 Å². The predicted octanol–water partition coefficient (Wildman–Crippen LogP) is 3.30. The van der Waals surface area contributed by atoms with Crippen LogP contribution in [0.2, 0.25) is 10.0 Å². The minimum Gasteiger partial charge on any atom is -0.481 e. The van der Waals surface area contributed by atoms with Gasteiger partial charge in [-0.15, -0.1) is 0 Å². The van der Waals surface area contributed by atoms with Crippen molar-refractivity contribution in [2.24, 2.45) is 5.92 Å². The number of carbonyl (C=O) groups is 1. The first-order valence-corrected chi connectivity index (χ1v) is 11.5. The third kappa shape index (κ3) is 3.84. The van der Waals surface area contributed by atoms with Gasteiger partial charge in [0.2, 0.25) is 10.0 Å². The molecule has 1 N–H and O–H groups in total. The zero-order chi connectivity index (χ0) is 20.8. The molecule has 1 saturated heterocycles. The maximum atomic E-state index is 13.3. The van der Waals surface area contributed by atoms with E-state index in [4.69, 9.17) is 23.2 Å². The van der Waals surface area contributed by atoms with Crippen molar-refractivity contribution in [3.05, 3.63) is 57.6 Å². The standard InChI is InChI=1S/C20H20Cl2N2O4S/c21-17-5-4-15(12-18(17)22)23-6-8-24(9-7-23)29(27,28)19-3-1-2-13-10-14(20(25)26)11-16(13)19/h1-5,12,14H,6-11H2,(H,25,26). The zero-order valence-electron chi connectivity index (χ0n) is 15.5. The molecule has 1 aliphatic carbocycles. The fourth-order valence-corrected chi connectivity index (χ4v) is 6.03. The van der Waals surface area contributed by atoms with E-state index in [2.05, 4.69) is 4.90 Å². The van der Waals surface area contributed by atoms with Crippen molar-refractivity contribution in [1.29, 1.82) is 0 Å². The Labute approximate surface area is 179 Å². The molecule has 6 nitrogen and oxygen atoms in total. The monoisotopic (exact) mass is 454 g/mol. The molecule has 0 aromatic heterocycles. The van der Waals surface area contributed by atoms with Crippen LogP contribution < -0.4 is 4.90 Å². The maximum Gasteiger partial charge on any atom is 0.307 e. The molecule has 2 aromatic carbocycles.